The third-order valence-corrected chi connectivity index (χ3v) is 9.89. The van der Waals surface area contributed by atoms with Crippen LogP contribution in [0.15, 0.2) is 42.5 Å². The van der Waals surface area contributed by atoms with Crippen molar-refractivity contribution in [2.24, 2.45) is 5.41 Å². The van der Waals surface area contributed by atoms with Crippen molar-refractivity contribution in [3.05, 3.63) is 59.2 Å². The molecule has 0 aromatic heterocycles. The standard InChI is InChI=1S/C42H62ClN3O10/c1-29(43)55-38(47)25-44-39(48)42(5,6)24-33-23-34(32-13-10-30(11-14-32)27-52-21-20-51-8)37(26-46(33)40(49)56-41(2,3)4)54-28-31-12-15-36-35(22-31)45(17-19-53-36)16-9-18-50-7/h10-15,22,29,33-34,37H,9,16-21,23-28H2,1-8H3,(H,44,48)/t29?,33-,34-,37+/m1/s1. The number of rotatable bonds is 19. The first-order valence-electron chi connectivity index (χ1n) is 19.5. The van der Waals surface area contributed by atoms with Gasteiger partial charge in [-0.1, -0.05) is 55.8 Å². The maximum atomic E-state index is 14.0. The van der Waals surface area contributed by atoms with Crippen LogP contribution in [0.4, 0.5) is 10.5 Å². The number of amides is 2. The minimum atomic E-state index is -0.972. The summed E-state index contributed by atoms with van der Waals surface area (Å²) in [6, 6.07) is 14.0. The van der Waals surface area contributed by atoms with Gasteiger partial charge >= 0.3 is 12.1 Å². The number of alkyl halides is 1. The Morgan fingerprint density at radius 2 is 1.68 bits per heavy atom. The summed E-state index contributed by atoms with van der Waals surface area (Å²) >= 11 is 5.79. The lowest BCUT2D eigenvalue weighted by atomic mass is 9.76. The van der Waals surface area contributed by atoms with Crippen LogP contribution in [0.5, 0.6) is 5.75 Å². The van der Waals surface area contributed by atoms with Gasteiger partial charge in [-0.05, 0) is 75.8 Å². The number of halogens is 1. The molecule has 312 valence electrons. The van der Waals surface area contributed by atoms with E-state index in [2.05, 4.69) is 28.4 Å². The van der Waals surface area contributed by atoms with Gasteiger partial charge < -0.3 is 48.3 Å². The number of fused-ring (bicyclic) bond motifs is 1. The summed E-state index contributed by atoms with van der Waals surface area (Å²) in [4.78, 5) is 43.7. The molecule has 4 rings (SSSR count). The van der Waals surface area contributed by atoms with E-state index in [-0.39, 0.29) is 24.9 Å². The molecule has 0 spiro atoms. The van der Waals surface area contributed by atoms with Crippen LogP contribution < -0.4 is 15.0 Å². The van der Waals surface area contributed by atoms with Crippen LogP contribution in [-0.4, -0.2) is 113 Å². The zero-order chi connectivity index (χ0) is 40.9. The van der Waals surface area contributed by atoms with Gasteiger partial charge in [-0.3, -0.25) is 9.59 Å². The van der Waals surface area contributed by atoms with E-state index < -0.39 is 40.8 Å². The summed E-state index contributed by atoms with van der Waals surface area (Å²) < 4.78 is 39.9. The number of hydrogen-bond donors (Lipinski definition) is 1. The van der Waals surface area contributed by atoms with Gasteiger partial charge in [-0.25, -0.2) is 4.79 Å². The Kier molecular flexibility index (Phi) is 17.1. The number of nitrogens with zero attached hydrogens (tertiary/aromatic N) is 2. The van der Waals surface area contributed by atoms with Crippen molar-refractivity contribution >= 4 is 35.3 Å². The minimum Gasteiger partial charge on any atom is -0.490 e. The van der Waals surface area contributed by atoms with E-state index in [1.165, 1.54) is 6.92 Å². The number of ether oxygens (including phenoxy) is 7. The molecule has 14 heteroatoms. The third-order valence-electron chi connectivity index (χ3n) is 9.80. The highest BCUT2D eigenvalue weighted by Crippen LogP contribution is 2.40. The molecule has 56 heavy (non-hydrogen) atoms. The highest BCUT2D eigenvalue weighted by molar-refractivity contribution is 6.20. The molecular formula is C42H62ClN3O10. The van der Waals surface area contributed by atoms with Crippen LogP contribution in [0, 0.1) is 5.41 Å². The summed E-state index contributed by atoms with van der Waals surface area (Å²) in [6.07, 6.45) is 0.820. The van der Waals surface area contributed by atoms with Crippen molar-refractivity contribution in [3.63, 3.8) is 0 Å². The zero-order valence-electron chi connectivity index (χ0n) is 34.4. The Labute approximate surface area is 337 Å². The fourth-order valence-electron chi connectivity index (χ4n) is 7.03. The number of carbonyl (C=O) groups excluding carboxylic acids is 3. The number of hydrogen-bond acceptors (Lipinski definition) is 11. The number of carbonyl (C=O) groups is 3. The molecule has 2 heterocycles. The van der Waals surface area contributed by atoms with Crippen molar-refractivity contribution < 1.29 is 47.5 Å². The summed E-state index contributed by atoms with van der Waals surface area (Å²) in [5.41, 5.74) is 1.55. The number of anilines is 1. The molecule has 2 aromatic carbocycles. The Bertz CT molecular complexity index is 1560. The Balaban J connectivity index is 1.62. The third kappa shape index (κ3) is 13.8. The SMILES string of the molecule is COCCCN1CCOc2ccc(CO[C@H]3CN(C(=O)OC(C)(C)C)[C@@H](CC(C)(C)C(=O)NCC(=O)OC(C)Cl)C[C@@H]3c3ccc(COCCOC)cc3)cc21. The first kappa shape index (κ1) is 45.1. The van der Waals surface area contributed by atoms with Crippen molar-refractivity contribution in [1.29, 1.82) is 0 Å². The van der Waals surface area contributed by atoms with Crippen molar-refractivity contribution in [1.82, 2.24) is 10.2 Å². The zero-order valence-corrected chi connectivity index (χ0v) is 35.2. The van der Waals surface area contributed by atoms with Gasteiger partial charge in [-0.15, -0.1) is 0 Å². The molecule has 2 aliphatic rings. The number of nitrogens with one attached hydrogen (secondary N) is 1. The molecule has 2 aromatic rings. The minimum absolute atomic E-state index is 0.132. The molecule has 0 radical (unpaired) electrons. The summed E-state index contributed by atoms with van der Waals surface area (Å²) in [7, 11) is 3.35. The van der Waals surface area contributed by atoms with Crippen LogP contribution in [0.1, 0.15) is 83.4 Å². The van der Waals surface area contributed by atoms with Gasteiger partial charge in [0, 0.05) is 44.7 Å². The van der Waals surface area contributed by atoms with Gasteiger partial charge in [0.05, 0.1) is 51.3 Å². The van der Waals surface area contributed by atoms with Crippen LogP contribution in [0.3, 0.4) is 0 Å². The molecule has 0 saturated carbocycles. The number of piperidine rings is 1. The second-order valence-corrected chi connectivity index (χ2v) is 16.7. The van der Waals surface area contributed by atoms with Crippen molar-refractivity contribution in [2.45, 2.75) is 103 Å². The number of benzene rings is 2. The maximum absolute atomic E-state index is 14.0. The maximum Gasteiger partial charge on any atom is 0.410 e. The lowest BCUT2D eigenvalue weighted by Crippen LogP contribution is -2.55. The van der Waals surface area contributed by atoms with Gasteiger partial charge in [0.25, 0.3) is 0 Å². The first-order chi connectivity index (χ1) is 26.6. The van der Waals surface area contributed by atoms with Crippen LogP contribution >= 0.6 is 11.6 Å². The van der Waals surface area contributed by atoms with E-state index in [0.717, 1.165) is 47.6 Å². The second-order valence-electron chi connectivity index (χ2n) is 16.1. The van der Waals surface area contributed by atoms with Crippen LogP contribution in [0.2, 0.25) is 0 Å². The van der Waals surface area contributed by atoms with Gasteiger partial charge in [0.2, 0.25) is 5.91 Å². The average Bonchev–Trinajstić information content (AvgIpc) is 3.14. The van der Waals surface area contributed by atoms with Crippen molar-refractivity contribution in [2.75, 3.05) is 71.7 Å². The summed E-state index contributed by atoms with van der Waals surface area (Å²) in [5.74, 6) is -0.271. The lowest BCUT2D eigenvalue weighted by Gasteiger charge is -2.46. The topological polar surface area (TPSA) is 134 Å². The monoisotopic (exact) mass is 803 g/mol. The molecule has 4 atom stereocenters. The van der Waals surface area contributed by atoms with E-state index in [1.54, 1.807) is 33.0 Å². The van der Waals surface area contributed by atoms with Gasteiger partial charge in [-0.2, -0.15) is 0 Å². The molecule has 1 fully saturated rings. The molecule has 1 unspecified atom stereocenters. The molecule has 0 bridgehead atoms. The fraction of sp³-hybridized carbons (Fsp3) is 0.643. The smallest absolute Gasteiger partial charge is 0.410 e. The Hall–Kier alpha value is -3.62. The molecule has 0 aliphatic carbocycles. The van der Waals surface area contributed by atoms with E-state index >= 15 is 0 Å². The fourth-order valence-corrected chi connectivity index (χ4v) is 7.13. The molecule has 13 nitrogen and oxygen atoms in total. The molecular weight excluding hydrogens is 742 g/mol. The van der Waals surface area contributed by atoms with Crippen LogP contribution in [-0.2, 0) is 51.2 Å². The highest BCUT2D eigenvalue weighted by Gasteiger charge is 2.44. The normalized spacial score (nSPS) is 19.1. The molecule has 2 aliphatic heterocycles. The van der Waals surface area contributed by atoms with Crippen molar-refractivity contribution in [3.8, 4) is 5.75 Å². The molecule has 1 saturated heterocycles. The Morgan fingerprint density at radius 1 is 0.964 bits per heavy atom. The second kappa shape index (κ2) is 21.2. The van der Waals surface area contributed by atoms with E-state index in [4.69, 9.17) is 44.8 Å². The predicted octanol–water partition coefficient (Wildman–Crippen LogP) is 6.42. The quantitative estimate of drug-likeness (QED) is 0.0958. The van der Waals surface area contributed by atoms with Gasteiger partial charge in [0.1, 0.15) is 24.5 Å². The molecule has 1 N–H and O–H groups in total. The van der Waals surface area contributed by atoms with Crippen LogP contribution in [0.25, 0.3) is 0 Å². The highest BCUT2D eigenvalue weighted by atomic mass is 35.5. The number of esters is 1. The number of likely N-dealkylation sites (tertiary alicyclic amines) is 1. The largest absolute Gasteiger partial charge is 0.490 e. The van der Waals surface area contributed by atoms with E-state index in [1.807, 2.05) is 45.0 Å². The summed E-state index contributed by atoms with van der Waals surface area (Å²) in [6.45, 7) is 15.3. The summed E-state index contributed by atoms with van der Waals surface area (Å²) in [5, 5.41) is 2.69. The molecule has 2 amide bonds. The average molecular weight is 804 g/mol. The number of methoxy groups -OCH3 is 2. The van der Waals surface area contributed by atoms with E-state index in [0.29, 0.717) is 52.5 Å². The predicted molar refractivity (Wildman–Crippen MR) is 214 cm³/mol. The first-order valence-corrected chi connectivity index (χ1v) is 19.9. The van der Waals surface area contributed by atoms with Gasteiger partial charge in [0.15, 0.2) is 5.56 Å². The van der Waals surface area contributed by atoms with E-state index in [9.17, 15) is 14.4 Å². The Morgan fingerprint density at radius 3 is 2.36 bits per heavy atom. The lowest BCUT2D eigenvalue weighted by molar-refractivity contribution is -0.146.